The van der Waals surface area contributed by atoms with Crippen LogP contribution in [0.4, 0.5) is 5.95 Å². The van der Waals surface area contributed by atoms with E-state index in [0.29, 0.717) is 25.7 Å². The minimum Gasteiger partial charge on any atom is -0.481 e. The fraction of sp³-hybridized carbons (Fsp3) is 0.444. The van der Waals surface area contributed by atoms with E-state index in [2.05, 4.69) is 15.3 Å². The van der Waals surface area contributed by atoms with Gasteiger partial charge in [-0.2, -0.15) is 0 Å². The fourth-order valence-electron chi connectivity index (χ4n) is 1.31. The molecule has 1 aliphatic heterocycles. The highest BCUT2D eigenvalue weighted by atomic mass is 16.5. The van der Waals surface area contributed by atoms with Gasteiger partial charge in [-0.1, -0.05) is 0 Å². The molecule has 2 N–H and O–H groups in total. The molecule has 6 heteroatoms. The molecule has 0 saturated heterocycles. The molecule has 0 amide bonds. The lowest BCUT2D eigenvalue weighted by molar-refractivity contribution is -0.136. The van der Waals surface area contributed by atoms with Crippen molar-refractivity contribution < 1.29 is 14.6 Å². The number of carboxylic acids is 1. The highest BCUT2D eigenvalue weighted by Crippen LogP contribution is 2.17. The van der Waals surface area contributed by atoms with Gasteiger partial charge in [0.15, 0.2) is 0 Å². The van der Waals surface area contributed by atoms with Gasteiger partial charge in [-0.05, 0) is 0 Å². The molecule has 0 bridgehead atoms. The lowest BCUT2D eigenvalue weighted by Gasteiger charge is -2.03. The van der Waals surface area contributed by atoms with Gasteiger partial charge in [-0.15, -0.1) is 0 Å². The van der Waals surface area contributed by atoms with Gasteiger partial charge in [-0.3, -0.25) is 4.79 Å². The fourth-order valence-corrected chi connectivity index (χ4v) is 1.31. The average molecular weight is 209 g/mol. The van der Waals surface area contributed by atoms with Crippen LogP contribution in [0, 0.1) is 0 Å². The van der Waals surface area contributed by atoms with Crippen molar-refractivity contribution in [2.45, 2.75) is 19.6 Å². The van der Waals surface area contributed by atoms with Crippen molar-refractivity contribution in [2.24, 2.45) is 0 Å². The SMILES string of the molecule is O=C(O)CCNc1ncc2c(n1)COC2. The molecule has 0 saturated carbocycles. The van der Waals surface area contributed by atoms with E-state index in [0.717, 1.165) is 11.3 Å². The monoisotopic (exact) mass is 209 g/mol. The number of nitrogens with zero attached hydrogens (tertiary/aromatic N) is 2. The zero-order chi connectivity index (χ0) is 10.7. The Balaban J connectivity index is 1.95. The van der Waals surface area contributed by atoms with Gasteiger partial charge >= 0.3 is 5.97 Å². The van der Waals surface area contributed by atoms with Crippen LogP contribution in [0.1, 0.15) is 17.7 Å². The van der Waals surface area contributed by atoms with Gasteiger partial charge in [-0.25, -0.2) is 9.97 Å². The van der Waals surface area contributed by atoms with E-state index in [1.807, 2.05) is 0 Å². The maximum atomic E-state index is 10.3. The molecule has 0 fully saturated rings. The number of carboxylic acid groups (broad SMARTS) is 1. The summed E-state index contributed by atoms with van der Waals surface area (Å²) in [6.07, 6.45) is 1.76. The number of hydrogen-bond donors (Lipinski definition) is 2. The number of rotatable bonds is 4. The largest absolute Gasteiger partial charge is 0.481 e. The molecule has 1 aromatic rings. The van der Waals surface area contributed by atoms with Crippen molar-refractivity contribution in [2.75, 3.05) is 11.9 Å². The number of nitrogens with one attached hydrogen (secondary N) is 1. The van der Waals surface area contributed by atoms with Gasteiger partial charge in [0.25, 0.3) is 0 Å². The second kappa shape index (κ2) is 4.22. The Morgan fingerprint density at radius 1 is 1.60 bits per heavy atom. The third kappa shape index (κ3) is 2.41. The van der Waals surface area contributed by atoms with Crippen molar-refractivity contribution in [3.05, 3.63) is 17.5 Å². The number of aliphatic carboxylic acids is 1. The zero-order valence-electron chi connectivity index (χ0n) is 8.06. The smallest absolute Gasteiger partial charge is 0.305 e. The Bertz CT molecular complexity index is 381. The van der Waals surface area contributed by atoms with E-state index in [-0.39, 0.29) is 6.42 Å². The second-order valence-corrected chi connectivity index (χ2v) is 3.23. The van der Waals surface area contributed by atoms with Crippen LogP contribution < -0.4 is 5.32 Å². The van der Waals surface area contributed by atoms with Gasteiger partial charge in [0.1, 0.15) is 0 Å². The summed E-state index contributed by atoms with van der Waals surface area (Å²) in [6, 6.07) is 0. The molecule has 0 unspecified atom stereocenters. The highest BCUT2D eigenvalue weighted by Gasteiger charge is 2.13. The first-order valence-corrected chi connectivity index (χ1v) is 4.64. The maximum Gasteiger partial charge on any atom is 0.305 e. The van der Waals surface area contributed by atoms with Crippen molar-refractivity contribution in [3.8, 4) is 0 Å². The molecule has 0 aliphatic carbocycles. The van der Waals surface area contributed by atoms with Crippen molar-refractivity contribution in [1.29, 1.82) is 0 Å². The van der Waals surface area contributed by atoms with Crippen LogP contribution in [0.25, 0.3) is 0 Å². The molecule has 1 aromatic heterocycles. The molecule has 0 radical (unpaired) electrons. The van der Waals surface area contributed by atoms with E-state index >= 15 is 0 Å². The third-order valence-corrected chi connectivity index (χ3v) is 2.07. The Hall–Kier alpha value is -1.69. The summed E-state index contributed by atoms with van der Waals surface area (Å²) in [4.78, 5) is 18.5. The van der Waals surface area contributed by atoms with Crippen molar-refractivity contribution in [1.82, 2.24) is 9.97 Å². The topological polar surface area (TPSA) is 84.3 Å². The summed E-state index contributed by atoms with van der Waals surface area (Å²) < 4.78 is 5.19. The summed E-state index contributed by atoms with van der Waals surface area (Å²) in [6.45, 7) is 1.39. The first kappa shape index (κ1) is 9.85. The lowest BCUT2D eigenvalue weighted by atomic mass is 10.3. The predicted molar refractivity (Wildman–Crippen MR) is 51.3 cm³/mol. The number of fused-ring (bicyclic) bond motifs is 1. The maximum absolute atomic E-state index is 10.3. The standard InChI is InChI=1S/C9H11N3O3/c13-8(14)1-2-10-9-11-3-6-4-15-5-7(6)12-9/h3H,1-2,4-5H2,(H,13,14)(H,10,11,12). The Morgan fingerprint density at radius 3 is 3.27 bits per heavy atom. The number of hydrogen-bond acceptors (Lipinski definition) is 5. The van der Waals surface area contributed by atoms with Gasteiger partial charge < -0.3 is 15.2 Å². The minimum absolute atomic E-state index is 0.0525. The molecular weight excluding hydrogens is 198 g/mol. The second-order valence-electron chi connectivity index (χ2n) is 3.23. The first-order valence-electron chi connectivity index (χ1n) is 4.64. The summed E-state index contributed by atoms with van der Waals surface area (Å²) in [5.74, 6) is -0.382. The van der Waals surface area contributed by atoms with Crippen LogP contribution in [0.3, 0.4) is 0 Å². The molecule has 2 rings (SSSR count). The van der Waals surface area contributed by atoms with Crippen LogP contribution in [-0.4, -0.2) is 27.6 Å². The Kier molecular flexibility index (Phi) is 2.77. The summed E-state index contributed by atoms with van der Waals surface area (Å²) in [5.41, 5.74) is 1.88. The quantitative estimate of drug-likeness (QED) is 0.746. The molecule has 1 aliphatic rings. The molecule has 80 valence electrons. The zero-order valence-corrected chi connectivity index (χ0v) is 8.06. The minimum atomic E-state index is -0.841. The molecule has 2 heterocycles. The molecular formula is C9H11N3O3. The summed E-state index contributed by atoms with van der Waals surface area (Å²) in [5, 5.41) is 11.3. The Labute approximate surface area is 86.3 Å². The highest BCUT2D eigenvalue weighted by molar-refractivity contribution is 5.67. The van der Waals surface area contributed by atoms with Crippen LogP contribution >= 0.6 is 0 Å². The van der Waals surface area contributed by atoms with E-state index in [4.69, 9.17) is 9.84 Å². The first-order chi connectivity index (χ1) is 7.25. The normalized spacial score (nSPS) is 13.6. The molecule has 0 spiro atoms. The van der Waals surface area contributed by atoms with Gasteiger partial charge in [0.05, 0.1) is 25.3 Å². The number of ether oxygens (including phenoxy) is 1. The lowest BCUT2D eigenvalue weighted by Crippen LogP contribution is -2.10. The van der Waals surface area contributed by atoms with E-state index < -0.39 is 5.97 Å². The molecule has 0 atom stereocenters. The van der Waals surface area contributed by atoms with E-state index in [9.17, 15) is 4.79 Å². The number of anilines is 1. The van der Waals surface area contributed by atoms with Gasteiger partial charge in [0.2, 0.25) is 5.95 Å². The van der Waals surface area contributed by atoms with Crippen molar-refractivity contribution >= 4 is 11.9 Å². The van der Waals surface area contributed by atoms with Crippen LogP contribution in [0.15, 0.2) is 6.20 Å². The summed E-state index contributed by atoms with van der Waals surface area (Å²) in [7, 11) is 0. The predicted octanol–water partition coefficient (Wildman–Crippen LogP) is 0.393. The molecule has 6 nitrogen and oxygen atoms in total. The Morgan fingerprint density at radius 2 is 2.47 bits per heavy atom. The molecule has 0 aromatic carbocycles. The van der Waals surface area contributed by atoms with Crippen LogP contribution in [0.5, 0.6) is 0 Å². The third-order valence-electron chi connectivity index (χ3n) is 2.07. The molecule has 15 heavy (non-hydrogen) atoms. The number of carbonyl (C=O) groups is 1. The van der Waals surface area contributed by atoms with Crippen molar-refractivity contribution in [3.63, 3.8) is 0 Å². The van der Waals surface area contributed by atoms with Crippen LogP contribution in [0.2, 0.25) is 0 Å². The van der Waals surface area contributed by atoms with E-state index in [1.54, 1.807) is 6.20 Å². The van der Waals surface area contributed by atoms with Crippen LogP contribution in [-0.2, 0) is 22.7 Å². The van der Waals surface area contributed by atoms with Gasteiger partial charge in [0, 0.05) is 18.3 Å². The van der Waals surface area contributed by atoms with E-state index in [1.165, 1.54) is 0 Å². The number of aromatic nitrogens is 2. The average Bonchev–Trinajstić information content (AvgIpc) is 2.64. The summed E-state index contributed by atoms with van der Waals surface area (Å²) >= 11 is 0.